The number of rotatable bonds is 3. The molecule has 0 saturated carbocycles. The van der Waals surface area contributed by atoms with Gasteiger partial charge in [0, 0.05) is 5.69 Å². The lowest BCUT2D eigenvalue weighted by Crippen LogP contribution is -2.19. The molecular formula is C12H9N3O3. The molecule has 0 bridgehead atoms. The lowest BCUT2D eigenvalue weighted by molar-refractivity contribution is 0.0879. The number of aromatic nitrogens is 1. The van der Waals surface area contributed by atoms with Gasteiger partial charge in [-0.2, -0.15) is 0 Å². The average molecular weight is 243 g/mol. The summed E-state index contributed by atoms with van der Waals surface area (Å²) in [5.41, 5.74) is 1.54. The van der Waals surface area contributed by atoms with E-state index in [0.29, 0.717) is 23.4 Å². The predicted octanol–water partition coefficient (Wildman–Crippen LogP) is 1.17. The van der Waals surface area contributed by atoms with E-state index in [-0.39, 0.29) is 11.8 Å². The Kier molecular flexibility index (Phi) is 2.33. The van der Waals surface area contributed by atoms with Crippen molar-refractivity contribution in [3.05, 3.63) is 47.7 Å². The first-order chi connectivity index (χ1) is 8.74. The molecule has 0 saturated heterocycles. The van der Waals surface area contributed by atoms with Gasteiger partial charge in [0.2, 0.25) is 0 Å². The fourth-order valence-corrected chi connectivity index (χ4v) is 1.80. The number of nitrogens with zero attached hydrogens (tertiary/aromatic N) is 1. The molecule has 90 valence electrons. The summed E-state index contributed by atoms with van der Waals surface area (Å²) in [6.45, 7) is 0.467. The number of fused-ring (bicyclic) bond motifs is 1. The van der Waals surface area contributed by atoms with Crippen LogP contribution < -0.4 is 10.6 Å². The number of benzene rings is 1. The average Bonchev–Trinajstić information content (AvgIpc) is 2.97. The molecule has 2 aromatic rings. The monoisotopic (exact) mass is 243 g/mol. The topological polar surface area (TPSA) is 84.2 Å². The van der Waals surface area contributed by atoms with Crippen molar-refractivity contribution in [3.63, 3.8) is 0 Å². The largest absolute Gasteiger partial charge is 0.447 e. The summed E-state index contributed by atoms with van der Waals surface area (Å²) in [6.07, 6.45) is 2.96. The molecule has 1 aliphatic rings. The van der Waals surface area contributed by atoms with E-state index in [9.17, 15) is 9.59 Å². The lowest BCUT2D eigenvalue weighted by atomic mass is 10.1. The number of nitrogens with one attached hydrogen (secondary N) is 2. The van der Waals surface area contributed by atoms with Crippen molar-refractivity contribution < 1.29 is 14.0 Å². The number of oxazole rings is 1. The van der Waals surface area contributed by atoms with Crippen LogP contribution in [0, 0.1) is 0 Å². The van der Waals surface area contributed by atoms with Crippen molar-refractivity contribution in [1.29, 1.82) is 0 Å². The number of amides is 2. The van der Waals surface area contributed by atoms with Crippen molar-refractivity contribution in [2.45, 2.75) is 6.54 Å². The zero-order chi connectivity index (χ0) is 12.5. The van der Waals surface area contributed by atoms with Crippen molar-refractivity contribution in [2.24, 2.45) is 0 Å². The lowest BCUT2D eigenvalue weighted by Gasteiger charge is -2.04. The molecule has 0 atom stereocenters. The highest BCUT2D eigenvalue weighted by Crippen LogP contribution is 2.20. The standard InChI is InChI=1S/C12H9N3O3/c16-11-9-2-1-7(3-10(9)12(17)15-11)14-5-8-4-13-6-18-8/h1-4,6,14H,5H2,(H,15,16,17). The number of hydrogen-bond acceptors (Lipinski definition) is 5. The second-order valence-corrected chi connectivity index (χ2v) is 3.86. The Morgan fingerprint density at radius 3 is 2.83 bits per heavy atom. The minimum atomic E-state index is -0.363. The highest BCUT2D eigenvalue weighted by Gasteiger charge is 2.26. The molecular weight excluding hydrogens is 234 g/mol. The summed E-state index contributed by atoms with van der Waals surface area (Å²) in [6, 6.07) is 5.01. The highest BCUT2D eigenvalue weighted by atomic mass is 16.3. The number of imide groups is 1. The third-order valence-corrected chi connectivity index (χ3v) is 2.69. The molecule has 2 heterocycles. The van der Waals surface area contributed by atoms with Crippen molar-refractivity contribution >= 4 is 17.5 Å². The van der Waals surface area contributed by atoms with Crippen LogP contribution in [0.25, 0.3) is 0 Å². The smallest absolute Gasteiger partial charge is 0.259 e. The minimum Gasteiger partial charge on any atom is -0.447 e. The number of carbonyl (C=O) groups is 2. The van der Waals surface area contributed by atoms with Gasteiger partial charge >= 0.3 is 0 Å². The third-order valence-electron chi connectivity index (χ3n) is 2.69. The van der Waals surface area contributed by atoms with Crippen LogP contribution in [0.5, 0.6) is 0 Å². The van der Waals surface area contributed by atoms with Gasteiger partial charge in [-0.3, -0.25) is 14.9 Å². The fraction of sp³-hybridized carbons (Fsp3) is 0.0833. The molecule has 0 spiro atoms. The Morgan fingerprint density at radius 2 is 2.06 bits per heavy atom. The molecule has 18 heavy (non-hydrogen) atoms. The van der Waals surface area contributed by atoms with Crippen LogP contribution in [-0.4, -0.2) is 16.8 Å². The maximum absolute atomic E-state index is 11.5. The van der Waals surface area contributed by atoms with Gasteiger partial charge in [0.25, 0.3) is 11.8 Å². The van der Waals surface area contributed by atoms with E-state index in [1.165, 1.54) is 6.39 Å². The molecule has 6 heteroatoms. The molecule has 0 unspecified atom stereocenters. The minimum absolute atomic E-state index is 0.350. The van der Waals surface area contributed by atoms with E-state index in [2.05, 4.69) is 15.6 Å². The fourth-order valence-electron chi connectivity index (χ4n) is 1.80. The van der Waals surface area contributed by atoms with Crippen LogP contribution in [0.4, 0.5) is 5.69 Å². The second-order valence-electron chi connectivity index (χ2n) is 3.86. The predicted molar refractivity (Wildman–Crippen MR) is 62.1 cm³/mol. The Morgan fingerprint density at radius 1 is 1.22 bits per heavy atom. The molecule has 1 aliphatic heterocycles. The Hall–Kier alpha value is -2.63. The maximum Gasteiger partial charge on any atom is 0.259 e. The molecule has 0 fully saturated rings. The zero-order valence-corrected chi connectivity index (χ0v) is 9.27. The first kappa shape index (κ1) is 10.5. The zero-order valence-electron chi connectivity index (χ0n) is 9.27. The van der Waals surface area contributed by atoms with E-state index >= 15 is 0 Å². The molecule has 0 radical (unpaired) electrons. The van der Waals surface area contributed by atoms with Gasteiger partial charge in [0.1, 0.15) is 5.76 Å². The van der Waals surface area contributed by atoms with Gasteiger partial charge < -0.3 is 9.73 Å². The molecule has 1 aromatic carbocycles. The molecule has 3 rings (SSSR count). The van der Waals surface area contributed by atoms with E-state index in [1.807, 2.05) is 0 Å². The van der Waals surface area contributed by atoms with Gasteiger partial charge in [0.15, 0.2) is 6.39 Å². The molecule has 2 N–H and O–H groups in total. The first-order valence-electron chi connectivity index (χ1n) is 5.35. The SMILES string of the molecule is O=C1NC(=O)c2cc(NCc3cnco3)ccc21. The number of anilines is 1. The van der Waals surface area contributed by atoms with E-state index in [0.717, 1.165) is 5.69 Å². The summed E-state index contributed by atoms with van der Waals surface area (Å²) in [4.78, 5) is 26.6. The van der Waals surface area contributed by atoms with Crippen LogP contribution in [0.2, 0.25) is 0 Å². The summed E-state index contributed by atoms with van der Waals surface area (Å²) in [5.74, 6) is -0.0221. The summed E-state index contributed by atoms with van der Waals surface area (Å²) >= 11 is 0. The number of hydrogen-bond donors (Lipinski definition) is 2. The van der Waals surface area contributed by atoms with Gasteiger partial charge in [-0.15, -0.1) is 0 Å². The van der Waals surface area contributed by atoms with Gasteiger partial charge in [-0.25, -0.2) is 4.98 Å². The van der Waals surface area contributed by atoms with Crippen LogP contribution in [0.1, 0.15) is 26.5 Å². The molecule has 0 aliphatic carbocycles. The normalized spacial score (nSPS) is 13.3. The van der Waals surface area contributed by atoms with E-state index < -0.39 is 0 Å². The highest BCUT2D eigenvalue weighted by molar-refractivity contribution is 6.21. The van der Waals surface area contributed by atoms with Crippen molar-refractivity contribution in [3.8, 4) is 0 Å². The van der Waals surface area contributed by atoms with Crippen LogP contribution in [-0.2, 0) is 6.54 Å². The number of carbonyl (C=O) groups excluding carboxylic acids is 2. The van der Waals surface area contributed by atoms with E-state index in [4.69, 9.17) is 4.42 Å². The molecule has 1 aromatic heterocycles. The maximum atomic E-state index is 11.5. The Balaban J connectivity index is 1.81. The van der Waals surface area contributed by atoms with Crippen molar-refractivity contribution in [1.82, 2.24) is 10.3 Å². The van der Waals surface area contributed by atoms with Crippen LogP contribution in [0.3, 0.4) is 0 Å². The summed E-state index contributed by atoms with van der Waals surface area (Å²) in [5, 5.41) is 5.33. The van der Waals surface area contributed by atoms with Crippen LogP contribution >= 0.6 is 0 Å². The quantitative estimate of drug-likeness (QED) is 0.790. The Bertz CT molecular complexity index is 620. The molecule has 6 nitrogen and oxygen atoms in total. The second kappa shape index (κ2) is 3.99. The van der Waals surface area contributed by atoms with Gasteiger partial charge in [-0.1, -0.05) is 0 Å². The van der Waals surface area contributed by atoms with E-state index in [1.54, 1.807) is 24.4 Å². The van der Waals surface area contributed by atoms with Crippen LogP contribution in [0.15, 0.2) is 35.2 Å². The first-order valence-corrected chi connectivity index (χ1v) is 5.35. The summed E-state index contributed by atoms with van der Waals surface area (Å²) in [7, 11) is 0. The van der Waals surface area contributed by atoms with Gasteiger partial charge in [-0.05, 0) is 18.2 Å². The van der Waals surface area contributed by atoms with Gasteiger partial charge in [0.05, 0.1) is 23.9 Å². The Labute approximate surface area is 102 Å². The van der Waals surface area contributed by atoms with Crippen molar-refractivity contribution in [2.75, 3.05) is 5.32 Å². The summed E-state index contributed by atoms with van der Waals surface area (Å²) < 4.78 is 5.08. The molecule has 2 amide bonds. The third kappa shape index (κ3) is 1.73.